The quantitative estimate of drug-likeness (QED) is 0.418. The molecule has 32 heavy (non-hydrogen) atoms. The highest BCUT2D eigenvalue weighted by atomic mass is 32.1. The SMILES string of the molecule is O=C(Nc1cccs1)N1CCC(Cn2c(COc3ccccc3)nc3ccccc32)CC1. The highest BCUT2D eigenvalue weighted by molar-refractivity contribution is 7.14. The molecule has 0 aliphatic carbocycles. The van der Waals surface area contributed by atoms with Crippen molar-refractivity contribution < 1.29 is 9.53 Å². The van der Waals surface area contributed by atoms with Crippen LogP contribution in [-0.2, 0) is 13.2 Å². The Morgan fingerprint density at radius 2 is 1.81 bits per heavy atom. The molecule has 2 amide bonds. The van der Waals surface area contributed by atoms with Crippen molar-refractivity contribution in [3.63, 3.8) is 0 Å². The molecule has 0 spiro atoms. The van der Waals surface area contributed by atoms with Gasteiger partial charge in [-0.3, -0.25) is 5.32 Å². The van der Waals surface area contributed by atoms with Crippen LogP contribution in [-0.4, -0.2) is 33.6 Å². The summed E-state index contributed by atoms with van der Waals surface area (Å²) in [6.45, 7) is 2.85. The minimum atomic E-state index is -0.00377. The number of thiophene rings is 1. The summed E-state index contributed by atoms with van der Waals surface area (Å²) < 4.78 is 8.30. The fraction of sp³-hybridized carbons (Fsp3) is 0.280. The zero-order valence-corrected chi connectivity index (χ0v) is 18.6. The molecular formula is C25H26N4O2S. The second-order valence-corrected chi connectivity index (χ2v) is 9.01. The highest BCUT2D eigenvalue weighted by Gasteiger charge is 2.24. The summed E-state index contributed by atoms with van der Waals surface area (Å²) >= 11 is 1.54. The predicted molar refractivity (Wildman–Crippen MR) is 128 cm³/mol. The lowest BCUT2D eigenvalue weighted by molar-refractivity contribution is 0.176. The molecule has 5 rings (SSSR count). The van der Waals surface area contributed by atoms with Crippen LogP contribution in [0.3, 0.4) is 0 Å². The van der Waals surface area contributed by atoms with Crippen molar-refractivity contribution in [1.29, 1.82) is 0 Å². The molecule has 1 aliphatic rings. The number of piperidine rings is 1. The molecule has 0 unspecified atom stereocenters. The molecule has 164 valence electrons. The summed E-state index contributed by atoms with van der Waals surface area (Å²) in [5.74, 6) is 2.28. The highest BCUT2D eigenvalue weighted by Crippen LogP contribution is 2.25. The number of ether oxygens (including phenoxy) is 1. The predicted octanol–water partition coefficient (Wildman–Crippen LogP) is 5.62. The van der Waals surface area contributed by atoms with Crippen molar-refractivity contribution in [2.75, 3.05) is 18.4 Å². The van der Waals surface area contributed by atoms with E-state index in [0.29, 0.717) is 12.5 Å². The third-order valence-corrected chi connectivity index (χ3v) is 6.72. The van der Waals surface area contributed by atoms with Crippen molar-refractivity contribution in [1.82, 2.24) is 14.5 Å². The van der Waals surface area contributed by atoms with Crippen LogP contribution in [0.4, 0.5) is 9.80 Å². The van der Waals surface area contributed by atoms with Crippen molar-refractivity contribution in [2.45, 2.75) is 26.0 Å². The van der Waals surface area contributed by atoms with Gasteiger partial charge < -0.3 is 14.2 Å². The van der Waals surface area contributed by atoms with Crippen LogP contribution in [0.2, 0.25) is 0 Å². The van der Waals surface area contributed by atoms with Gasteiger partial charge in [-0.1, -0.05) is 30.3 Å². The van der Waals surface area contributed by atoms with Gasteiger partial charge in [-0.2, -0.15) is 0 Å². The third kappa shape index (κ3) is 4.62. The van der Waals surface area contributed by atoms with E-state index >= 15 is 0 Å². The first kappa shape index (κ1) is 20.6. The van der Waals surface area contributed by atoms with Crippen molar-refractivity contribution in [3.05, 3.63) is 77.9 Å². The number of nitrogens with one attached hydrogen (secondary N) is 1. The number of hydrogen-bond donors (Lipinski definition) is 1. The van der Waals surface area contributed by atoms with Crippen LogP contribution in [0.15, 0.2) is 72.1 Å². The standard InChI is InChI=1S/C25H26N4O2S/c30-25(27-24-11-6-16-32-24)28-14-12-19(13-15-28)17-29-22-10-5-4-9-21(22)26-23(29)18-31-20-7-2-1-3-8-20/h1-11,16,19H,12-15,17-18H2,(H,27,30). The number of nitrogens with zero attached hydrogens (tertiary/aromatic N) is 3. The maximum Gasteiger partial charge on any atom is 0.322 e. The first-order chi connectivity index (χ1) is 15.8. The van der Waals surface area contributed by atoms with E-state index < -0.39 is 0 Å². The lowest BCUT2D eigenvalue weighted by Crippen LogP contribution is -2.41. The molecule has 4 aromatic rings. The van der Waals surface area contributed by atoms with Gasteiger partial charge in [-0.15, -0.1) is 11.3 Å². The van der Waals surface area contributed by atoms with Gasteiger partial charge in [0, 0.05) is 19.6 Å². The van der Waals surface area contributed by atoms with Crippen LogP contribution in [0.25, 0.3) is 11.0 Å². The number of aromatic nitrogens is 2. The number of amides is 2. The first-order valence-corrected chi connectivity index (χ1v) is 11.9. The number of fused-ring (bicyclic) bond motifs is 1. The van der Waals surface area contributed by atoms with Crippen molar-refractivity contribution in [2.24, 2.45) is 5.92 Å². The monoisotopic (exact) mass is 446 g/mol. The number of likely N-dealkylation sites (tertiary alicyclic amines) is 1. The van der Waals surface area contributed by atoms with Gasteiger partial charge in [-0.25, -0.2) is 9.78 Å². The van der Waals surface area contributed by atoms with E-state index in [0.717, 1.165) is 60.1 Å². The Labute approximate surface area is 191 Å². The molecule has 0 bridgehead atoms. The minimum Gasteiger partial charge on any atom is -0.486 e. The molecule has 2 aromatic carbocycles. The zero-order chi connectivity index (χ0) is 21.8. The van der Waals surface area contributed by atoms with Crippen LogP contribution >= 0.6 is 11.3 Å². The molecule has 1 fully saturated rings. The Morgan fingerprint density at radius 3 is 2.59 bits per heavy atom. The molecule has 7 heteroatoms. The Kier molecular flexibility index (Phi) is 6.07. The van der Waals surface area contributed by atoms with E-state index in [2.05, 4.69) is 28.1 Å². The summed E-state index contributed by atoms with van der Waals surface area (Å²) in [7, 11) is 0. The van der Waals surface area contributed by atoms with E-state index in [-0.39, 0.29) is 6.03 Å². The average Bonchev–Trinajstić information content (AvgIpc) is 3.47. The molecule has 1 saturated heterocycles. The summed E-state index contributed by atoms with van der Waals surface area (Å²) in [5.41, 5.74) is 2.13. The van der Waals surface area contributed by atoms with Gasteiger partial charge in [0.2, 0.25) is 0 Å². The van der Waals surface area contributed by atoms with Crippen LogP contribution in [0, 0.1) is 5.92 Å². The van der Waals surface area contributed by atoms with Gasteiger partial charge >= 0.3 is 6.03 Å². The summed E-state index contributed by atoms with van der Waals surface area (Å²) in [6.07, 6.45) is 1.95. The van der Waals surface area contributed by atoms with E-state index in [1.165, 1.54) is 0 Å². The third-order valence-electron chi connectivity index (χ3n) is 5.94. The summed E-state index contributed by atoms with van der Waals surface area (Å²) in [4.78, 5) is 19.3. The number of benzene rings is 2. The minimum absolute atomic E-state index is 0.00377. The Bertz CT molecular complexity index is 1170. The van der Waals surface area contributed by atoms with Gasteiger partial charge in [-0.05, 0) is 60.5 Å². The molecule has 0 atom stereocenters. The van der Waals surface area contributed by atoms with E-state index in [9.17, 15) is 4.79 Å². The van der Waals surface area contributed by atoms with E-state index in [1.807, 2.05) is 58.8 Å². The molecule has 2 aromatic heterocycles. The van der Waals surface area contributed by atoms with Crippen LogP contribution < -0.4 is 10.1 Å². The lowest BCUT2D eigenvalue weighted by atomic mass is 9.97. The maximum atomic E-state index is 12.5. The van der Waals surface area contributed by atoms with E-state index in [4.69, 9.17) is 9.72 Å². The van der Waals surface area contributed by atoms with Gasteiger partial charge in [0.05, 0.1) is 16.0 Å². The number of para-hydroxylation sites is 3. The normalized spacial score (nSPS) is 14.6. The van der Waals surface area contributed by atoms with Gasteiger partial charge in [0.25, 0.3) is 0 Å². The Hall–Kier alpha value is -3.32. The maximum absolute atomic E-state index is 12.5. The summed E-state index contributed by atoms with van der Waals surface area (Å²) in [6, 6.07) is 22.0. The molecule has 6 nitrogen and oxygen atoms in total. The number of anilines is 1. The summed E-state index contributed by atoms with van der Waals surface area (Å²) in [5, 5.41) is 5.85. The number of urea groups is 1. The lowest BCUT2D eigenvalue weighted by Gasteiger charge is -2.32. The second kappa shape index (κ2) is 9.44. The van der Waals surface area contributed by atoms with Gasteiger partial charge in [0.1, 0.15) is 18.2 Å². The molecule has 0 saturated carbocycles. The average molecular weight is 447 g/mol. The molecule has 0 radical (unpaired) electrons. The number of carbonyl (C=O) groups excluding carboxylic acids is 1. The van der Waals surface area contributed by atoms with Crippen LogP contribution in [0.1, 0.15) is 18.7 Å². The molecular weight excluding hydrogens is 420 g/mol. The number of hydrogen-bond acceptors (Lipinski definition) is 4. The van der Waals surface area contributed by atoms with Crippen molar-refractivity contribution in [3.8, 4) is 5.75 Å². The zero-order valence-electron chi connectivity index (χ0n) is 17.8. The fourth-order valence-corrected chi connectivity index (χ4v) is 4.82. The number of carbonyl (C=O) groups is 1. The van der Waals surface area contributed by atoms with Crippen molar-refractivity contribution >= 4 is 33.4 Å². The van der Waals surface area contributed by atoms with Gasteiger partial charge in [0.15, 0.2) is 0 Å². The smallest absolute Gasteiger partial charge is 0.322 e. The number of rotatable bonds is 6. The Balaban J connectivity index is 1.25. The second-order valence-electron chi connectivity index (χ2n) is 8.07. The number of imidazole rings is 1. The molecule has 3 heterocycles. The van der Waals surface area contributed by atoms with Crippen LogP contribution in [0.5, 0.6) is 5.75 Å². The molecule has 1 aliphatic heterocycles. The Morgan fingerprint density at radius 1 is 1.03 bits per heavy atom. The fourth-order valence-electron chi connectivity index (χ4n) is 4.21. The molecule has 1 N–H and O–H groups in total. The largest absolute Gasteiger partial charge is 0.486 e. The van der Waals surface area contributed by atoms with E-state index in [1.54, 1.807) is 11.3 Å². The topological polar surface area (TPSA) is 59.4 Å². The first-order valence-electron chi connectivity index (χ1n) is 11.0.